The zero-order valence-electron chi connectivity index (χ0n) is 9.30. The monoisotopic (exact) mass is 236 g/mol. The normalized spacial score (nSPS) is 15.1. The van der Waals surface area contributed by atoms with Crippen molar-refractivity contribution in [3.05, 3.63) is 39.4 Å². The van der Waals surface area contributed by atoms with Gasteiger partial charge < -0.3 is 10.1 Å². The number of benzene rings is 1. The van der Waals surface area contributed by atoms with Gasteiger partial charge in [-0.25, -0.2) is 4.79 Å². The molecule has 1 fully saturated rings. The summed E-state index contributed by atoms with van der Waals surface area (Å²) in [5, 5.41) is 14.0. The first-order valence-corrected chi connectivity index (χ1v) is 5.21. The van der Waals surface area contributed by atoms with E-state index >= 15 is 0 Å². The Labute approximate surface area is 97.7 Å². The first-order chi connectivity index (χ1) is 8.13. The molecule has 0 saturated carbocycles. The van der Waals surface area contributed by atoms with Gasteiger partial charge in [-0.05, 0) is 6.07 Å². The highest BCUT2D eigenvalue weighted by Crippen LogP contribution is 2.30. The maximum absolute atomic E-state index is 11.3. The highest BCUT2D eigenvalue weighted by atomic mass is 16.6. The molecular weight excluding hydrogens is 224 g/mol. The summed E-state index contributed by atoms with van der Waals surface area (Å²) in [6, 6.07) is 4.47. The maximum atomic E-state index is 11.3. The van der Waals surface area contributed by atoms with E-state index in [-0.39, 0.29) is 17.2 Å². The fraction of sp³-hybridized carbons (Fsp3) is 0.364. The standard InChI is InChI=1S/C11H12N2O4/c1-17-11(14)7-2-3-9(8-5-12-6-8)10(4-7)13(15)16/h2-4,8,12H,5-6H2,1H3. The Morgan fingerprint density at radius 2 is 2.24 bits per heavy atom. The molecule has 0 aromatic heterocycles. The third-order valence-corrected chi connectivity index (χ3v) is 2.87. The number of nitrogens with zero attached hydrogens (tertiary/aromatic N) is 1. The van der Waals surface area contributed by atoms with Gasteiger partial charge in [0.2, 0.25) is 0 Å². The number of esters is 1. The molecule has 17 heavy (non-hydrogen) atoms. The Morgan fingerprint density at radius 1 is 1.53 bits per heavy atom. The first-order valence-electron chi connectivity index (χ1n) is 5.21. The van der Waals surface area contributed by atoms with Crippen LogP contribution in [0.2, 0.25) is 0 Å². The molecule has 90 valence electrons. The lowest BCUT2D eigenvalue weighted by atomic mass is 9.91. The van der Waals surface area contributed by atoms with Crippen molar-refractivity contribution in [2.24, 2.45) is 0 Å². The topological polar surface area (TPSA) is 81.5 Å². The molecule has 1 aliphatic rings. The van der Waals surface area contributed by atoms with E-state index in [0.29, 0.717) is 5.56 Å². The smallest absolute Gasteiger partial charge is 0.338 e. The highest BCUT2D eigenvalue weighted by Gasteiger charge is 2.27. The number of hydrogen-bond acceptors (Lipinski definition) is 5. The van der Waals surface area contributed by atoms with Crippen LogP contribution in [0.25, 0.3) is 0 Å². The van der Waals surface area contributed by atoms with Crippen molar-refractivity contribution in [1.82, 2.24) is 5.32 Å². The first kappa shape index (κ1) is 11.5. The van der Waals surface area contributed by atoms with Crippen molar-refractivity contribution in [1.29, 1.82) is 0 Å². The molecular formula is C11H12N2O4. The molecule has 1 aromatic carbocycles. The molecule has 1 saturated heterocycles. The summed E-state index contributed by atoms with van der Waals surface area (Å²) in [6.45, 7) is 1.47. The lowest BCUT2D eigenvalue weighted by Crippen LogP contribution is -2.40. The third-order valence-electron chi connectivity index (χ3n) is 2.87. The van der Waals surface area contributed by atoms with Crippen LogP contribution < -0.4 is 5.32 Å². The van der Waals surface area contributed by atoms with Gasteiger partial charge in [0, 0.05) is 30.6 Å². The number of methoxy groups -OCH3 is 1. The largest absolute Gasteiger partial charge is 0.465 e. The van der Waals surface area contributed by atoms with Crippen LogP contribution in [0.5, 0.6) is 0 Å². The molecule has 0 atom stereocenters. The van der Waals surface area contributed by atoms with Gasteiger partial charge in [0.25, 0.3) is 5.69 Å². The van der Waals surface area contributed by atoms with Crippen molar-refractivity contribution in [2.45, 2.75) is 5.92 Å². The van der Waals surface area contributed by atoms with Crippen LogP contribution in [0, 0.1) is 10.1 Å². The summed E-state index contributed by atoms with van der Waals surface area (Å²) in [7, 11) is 1.25. The molecule has 0 amide bonds. The van der Waals surface area contributed by atoms with Gasteiger partial charge in [0.15, 0.2) is 0 Å². The van der Waals surface area contributed by atoms with Crippen LogP contribution >= 0.6 is 0 Å². The fourth-order valence-corrected chi connectivity index (χ4v) is 1.80. The predicted octanol–water partition coefficient (Wildman–Crippen LogP) is 1.07. The Bertz CT molecular complexity index is 469. The van der Waals surface area contributed by atoms with Crippen LogP contribution in [-0.4, -0.2) is 31.1 Å². The summed E-state index contributed by atoms with van der Waals surface area (Å²) in [6.07, 6.45) is 0. The zero-order valence-corrected chi connectivity index (χ0v) is 9.30. The number of ether oxygens (including phenoxy) is 1. The molecule has 6 heteroatoms. The number of hydrogen-bond donors (Lipinski definition) is 1. The van der Waals surface area contributed by atoms with Crippen LogP contribution in [0.3, 0.4) is 0 Å². The lowest BCUT2D eigenvalue weighted by Gasteiger charge is -2.27. The van der Waals surface area contributed by atoms with E-state index in [1.54, 1.807) is 12.1 Å². The second-order valence-electron chi connectivity index (χ2n) is 3.88. The molecule has 6 nitrogen and oxygen atoms in total. The molecule has 1 aliphatic heterocycles. The maximum Gasteiger partial charge on any atom is 0.338 e. The van der Waals surface area contributed by atoms with E-state index in [0.717, 1.165) is 13.1 Å². The molecule has 2 rings (SSSR count). The van der Waals surface area contributed by atoms with Crippen LogP contribution in [-0.2, 0) is 4.74 Å². The predicted molar refractivity (Wildman–Crippen MR) is 60.0 cm³/mol. The van der Waals surface area contributed by atoms with Crippen molar-refractivity contribution in [3.63, 3.8) is 0 Å². The number of nitro groups is 1. The SMILES string of the molecule is COC(=O)c1ccc(C2CNC2)c([N+](=O)[O-])c1. The van der Waals surface area contributed by atoms with Crippen molar-refractivity contribution in [3.8, 4) is 0 Å². The second kappa shape index (κ2) is 4.50. The summed E-state index contributed by atoms with van der Waals surface area (Å²) in [5.41, 5.74) is 0.857. The minimum absolute atomic E-state index is 0.0144. The average Bonchev–Trinajstić information content (AvgIpc) is 2.26. The van der Waals surface area contributed by atoms with Crippen LogP contribution in [0.1, 0.15) is 21.8 Å². The molecule has 0 unspecified atom stereocenters. The van der Waals surface area contributed by atoms with Gasteiger partial charge in [-0.2, -0.15) is 0 Å². The van der Waals surface area contributed by atoms with Gasteiger partial charge in [0.1, 0.15) is 0 Å². The minimum Gasteiger partial charge on any atom is -0.465 e. The van der Waals surface area contributed by atoms with Gasteiger partial charge in [-0.3, -0.25) is 10.1 Å². The summed E-state index contributed by atoms with van der Waals surface area (Å²) in [5.74, 6) is -0.409. The molecule has 0 bridgehead atoms. The van der Waals surface area contributed by atoms with Gasteiger partial charge in [-0.15, -0.1) is 0 Å². The van der Waals surface area contributed by atoms with Gasteiger partial charge in [0.05, 0.1) is 17.6 Å². The van der Waals surface area contributed by atoms with E-state index < -0.39 is 10.9 Å². The van der Waals surface area contributed by atoms with E-state index in [1.807, 2.05) is 0 Å². The van der Waals surface area contributed by atoms with Crippen LogP contribution in [0.15, 0.2) is 18.2 Å². The van der Waals surface area contributed by atoms with E-state index in [2.05, 4.69) is 10.1 Å². The van der Waals surface area contributed by atoms with Gasteiger partial charge >= 0.3 is 5.97 Å². The second-order valence-corrected chi connectivity index (χ2v) is 3.88. The summed E-state index contributed by atoms with van der Waals surface area (Å²) >= 11 is 0. The molecule has 1 heterocycles. The Hall–Kier alpha value is -1.95. The molecule has 0 aliphatic carbocycles. The minimum atomic E-state index is -0.564. The summed E-state index contributed by atoms with van der Waals surface area (Å²) < 4.78 is 4.54. The fourth-order valence-electron chi connectivity index (χ4n) is 1.80. The highest BCUT2D eigenvalue weighted by molar-refractivity contribution is 5.90. The zero-order chi connectivity index (χ0) is 12.4. The van der Waals surface area contributed by atoms with Crippen molar-refractivity contribution >= 4 is 11.7 Å². The van der Waals surface area contributed by atoms with Crippen molar-refractivity contribution in [2.75, 3.05) is 20.2 Å². The van der Waals surface area contributed by atoms with E-state index in [1.165, 1.54) is 13.2 Å². The van der Waals surface area contributed by atoms with Gasteiger partial charge in [-0.1, -0.05) is 6.07 Å². The van der Waals surface area contributed by atoms with Crippen molar-refractivity contribution < 1.29 is 14.5 Å². The Morgan fingerprint density at radius 3 is 2.71 bits per heavy atom. The molecule has 1 aromatic rings. The third kappa shape index (κ3) is 2.12. The number of carbonyl (C=O) groups excluding carboxylic acids is 1. The lowest BCUT2D eigenvalue weighted by molar-refractivity contribution is -0.385. The molecule has 1 N–H and O–H groups in total. The van der Waals surface area contributed by atoms with Crippen LogP contribution in [0.4, 0.5) is 5.69 Å². The molecule has 0 radical (unpaired) electrons. The Kier molecular flexibility index (Phi) is 3.06. The van der Waals surface area contributed by atoms with E-state index in [4.69, 9.17) is 0 Å². The number of rotatable bonds is 3. The number of carbonyl (C=O) groups is 1. The molecule has 0 spiro atoms. The average molecular weight is 236 g/mol. The Balaban J connectivity index is 2.40. The number of nitrogens with one attached hydrogen (secondary N) is 1. The number of nitro benzene ring substituents is 1. The quantitative estimate of drug-likeness (QED) is 0.482. The van der Waals surface area contributed by atoms with E-state index in [9.17, 15) is 14.9 Å². The summed E-state index contributed by atoms with van der Waals surface area (Å²) in [4.78, 5) is 21.8.